The van der Waals surface area contributed by atoms with Gasteiger partial charge in [0.1, 0.15) is 12.2 Å². The minimum Gasteiger partial charge on any atom is -0.390 e. The Morgan fingerprint density at radius 2 is 1.97 bits per heavy atom. The highest BCUT2D eigenvalue weighted by atomic mass is 19.1. The summed E-state index contributed by atoms with van der Waals surface area (Å²) < 4.78 is 15.9. The smallest absolute Gasteiger partial charge is 0.255 e. The number of fused-ring (bicyclic) bond motifs is 1. The molecule has 0 saturated heterocycles. The first-order valence-corrected chi connectivity index (χ1v) is 13.4. The standard InChI is InChI=1S/C28H32FN7O3/c1-26(2,38)22(29)14-33-25(37)20-13-31-23(36-24-19(12-34-36)4-18(10-30)11-32-24)5-21(20)35-27-6-16-3-17(7-27)9-28(39,8-16)15-27/h4-5,11-13,16-17,22,38-39H,3,6-9,14-15H2,1-2H3,(H,31,35)(H,33,37). The van der Waals surface area contributed by atoms with E-state index in [0.29, 0.717) is 46.4 Å². The molecular formula is C28H32FN7O3. The predicted molar refractivity (Wildman–Crippen MR) is 141 cm³/mol. The van der Waals surface area contributed by atoms with Gasteiger partial charge in [0.15, 0.2) is 11.5 Å². The van der Waals surface area contributed by atoms with E-state index in [0.717, 1.165) is 32.1 Å². The average Bonchev–Trinajstić information content (AvgIpc) is 3.28. The fourth-order valence-corrected chi connectivity index (χ4v) is 7.17. The predicted octanol–water partition coefficient (Wildman–Crippen LogP) is 3.02. The highest BCUT2D eigenvalue weighted by Gasteiger charge is 2.57. The fourth-order valence-electron chi connectivity index (χ4n) is 7.17. The molecule has 3 atom stereocenters. The molecule has 0 radical (unpaired) electrons. The van der Waals surface area contributed by atoms with Gasteiger partial charge in [-0.3, -0.25) is 4.79 Å². The summed E-state index contributed by atoms with van der Waals surface area (Å²) in [6.07, 6.45) is 7.99. The molecule has 10 nitrogen and oxygen atoms in total. The number of anilines is 1. The van der Waals surface area contributed by atoms with Crippen molar-refractivity contribution in [2.45, 2.75) is 75.3 Å². The Labute approximate surface area is 225 Å². The van der Waals surface area contributed by atoms with E-state index >= 15 is 0 Å². The number of amides is 1. The summed E-state index contributed by atoms with van der Waals surface area (Å²) in [6, 6.07) is 5.49. The molecule has 0 aliphatic heterocycles. The van der Waals surface area contributed by atoms with E-state index < -0.39 is 23.3 Å². The molecule has 0 aromatic carbocycles. The number of alkyl halides is 1. The zero-order valence-corrected chi connectivity index (χ0v) is 22.0. The van der Waals surface area contributed by atoms with Crippen LogP contribution in [0.15, 0.2) is 30.7 Å². The van der Waals surface area contributed by atoms with E-state index in [-0.39, 0.29) is 17.6 Å². The van der Waals surface area contributed by atoms with Crippen LogP contribution in [0.3, 0.4) is 0 Å². The largest absolute Gasteiger partial charge is 0.390 e. The lowest BCUT2D eigenvalue weighted by atomic mass is 9.51. The Morgan fingerprint density at radius 3 is 2.64 bits per heavy atom. The van der Waals surface area contributed by atoms with Crippen molar-refractivity contribution in [1.29, 1.82) is 5.26 Å². The summed E-state index contributed by atoms with van der Waals surface area (Å²) >= 11 is 0. The second-order valence-electron chi connectivity index (χ2n) is 12.3. The normalized spacial score (nSPS) is 28.3. The molecule has 0 spiro atoms. The van der Waals surface area contributed by atoms with Gasteiger partial charge in [-0.1, -0.05) is 0 Å². The monoisotopic (exact) mass is 533 g/mol. The molecule has 4 aliphatic rings. The number of hydrogen-bond donors (Lipinski definition) is 4. The fraction of sp³-hybridized carbons (Fsp3) is 0.536. The lowest BCUT2D eigenvalue weighted by Crippen LogP contribution is -2.62. The third kappa shape index (κ3) is 4.72. The summed E-state index contributed by atoms with van der Waals surface area (Å²) in [5.41, 5.74) is -0.983. The minimum atomic E-state index is -1.65. The Hall–Kier alpha value is -3.62. The second-order valence-corrected chi connectivity index (χ2v) is 12.3. The molecule has 4 saturated carbocycles. The van der Waals surface area contributed by atoms with Crippen LogP contribution < -0.4 is 10.6 Å². The van der Waals surface area contributed by atoms with Gasteiger partial charge in [0, 0.05) is 29.4 Å². The van der Waals surface area contributed by atoms with Crippen molar-refractivity contribution < 1.29 is 19.4 Å². The van der Waals surface area contributed by atoms with Crippen molar-refractivity contribution >= 4 is 22.6 Å². The molecule has 39 heavy (non-hydrogen) atoms. The number of nitrogens with zero attached hydrogens (tertiary/aromatic N) is 5. The van der Waals surface area contributed by atoms with Crippen LogP contribution in [0.1, 0.15) is 68.3 Å². The maximum atomic E-state index is 14.4. The summed E-state index contributed by atoms with van der Waals surface area (Å²) in [7, 11) is 0. The van der Waals surface area contributed by atoms with Gasteiger partial charge in [0.25, 0.3) is 5.91 Å². The van der Waals surface area contributed by atoms with E-state index in [1.54, 1.807) is 23.0 Å². The van der Waals surface area contributed by atoms with Crippen LogP contribution in [0, 0.1) is 23.2 Å². The number of rotatable bonds is 7. The van der Waals surface area contributed by atoms with Gasteiger partial charge < -0.3 is 20.8 Å². The van der Waals surface area contributed by atoms with Gasteiger partial charge in [0.05, 0.1) is 40.8 Å². The van der Waals surface area contributed by atoms with Crippen LogP contribution in [-0.2, 0) is 0 Å². The Kier molecular flexibility index (Phi) is 5.89. The molecular weight excluding hydrogens is 501 g/mol. The molecule has 7 rings (SSSR count). The van der Waals surface area contributed by atoms with Crippen molar-refractivity contribution in [1.82, 2.24) is 25.1 Å². The molecule has 3 heterocycles. The first kappa shape index (κ1) is 25.6. The number of carbonyl (C=O) groups is 1. The van der Waals surface area contributed by atoms with Crippen LogP contribution >= 0.6 is 0 Å². The average molecular weight is 534 g/mol. The summed E-state index contributed by atoms with van der Waals surface area (Å²) in [6.45, 7) is 2.35. The van der Waals surface area contributed by atoms with Gasteiger partial charge in [0.2, 0.25) is 0 Å². The van der Waals surface area contributed by atoms with E-state index in [9.17, 15) is 24.7 Å². The van der Waals surface area contributed by atoms with Crippen LogP contribution in [0.5, 0.6) is 0 Å². The molecule has 3 unspecified atom stereocenters. The van der Waals surface area contributed by atoms with Gasteiger partial charge in [-0.05, 0) is 70.3 Å². The van der Waals surface area contributed by atoms with Gasteiger partial charge in [-0.15, -0.1) is 0 Å². The number of hydrogen-bond acceptors (Lipinski definition) is 8. The van der Waals surface area contributed by atoms with Crippen LogP contribution in [0.25, 0.3) is 16.9 Å². The second kappa shape index (κ2) is 8.96. The number of aromatic nitrogens is 4. The van der Waals surface area contributed by atoms with Gasteiger partial charge in [-0.2, -0.15) is 15.0 Å². The van der Waals surface area contributed by atoms with E-state index in [1.807, 2.05) is 0 Å². The first-order valence-electron chi connectivity index (χ1n) is 13.4. The molecule has 4 aliphatic carbocycles. The molecule has 204 valence electrons. The van der Waals surface area contributed by atoms with Crippen molar-refractivity contribution in [3.8, 4) is 11.9 Å². The highest BCUT2D eigenvalue weighted by Crippen LogP contribution is 2.58. The quantitative estimate of drug-likeness (QED) is 0.362. The maximum absolute atomic E-state index is 14.4. The molecule has 11 heteroatoms. The lowest BCUT2D eigenvalue weighted by molar-refractivity contribution is -0.127. The Balaban J connectivity index is 1.37. The van der Waals surface area contributed by atoms with E-state index in [4.69, 9.17) is 0 Å². The Morgan fingerprint density at radius 1 is 1.23 bits per heavy atom. The van der Waals surface area contributed by atoms with Crippen molar-refractivity contribution in [2.75, 3.05) is 11.9 Å². The number of aliphatic hydroxyl groups is 2. The van der Waals surface area contributed by atoms with E-state index in [1.165, 1.54) is 26.2 Å². The number of pyridine rings is 2. The van der Waals surface area contributed by atoms with Gasteiger partial charge >= 0.3 is 0 Å². The summed E-state index contributed by atoms with van der Waals surface area (Å²) in [5, 5.41) is 41.7. The molecule has 4 fully saturated rings. The van der Waals surface area contributed by atoms with E-state index in [2.05, 4.69) is 31.8 Å². The first-order chi connectivity index (χ1) is 18.5. The minimum absolute atomic E-state index is 0.237. The van der Waals surface area contributed by atoms with Crippen molar-refractivity contribution in [3.05, 3.63) is 41.9 Å². The SMILES string of the molecule is CC(C)(O)C(F)CNC(=O)c1cnc(-n2ncc3cc(C#N)cnc32)cc1NC12CC3CC(CC(O)(C3)C1)C2. The highest BCUT2D eigenvalue weighted by molar-refractivity contribution is 5.99. The molecule has 3 aromatic heterocycles. The van der Waals surface area contributed by atoms with Crippen LogP contribution in [0.2, 0.25) is 0 Å². The molecule has 4 N–H and O–H groups in total. The third-order valence-corrected chi connectivity index (χ3v) is 8.53. The number of nitrogens with one attached hydrogen (secondary N) is 2. The maximum Gasteiger partial charge on any atom is 0.255 e. The number of halogens is 1. The molecule has 3 aromatic rings. The van der Waals surface area contributed by atoms with Crippen LogP contribution in [-0.4, -0.2) is 65.3 Å². The topological polar surface area (TPSA) is 149 Å². The van der Waals surface area contributed by atoms with Crippen molar-refractivity contribution in [2.24, 2.45) is 11.8 Å². The Bertz CT molecular complexity index is 1480. The summed E-state index contributed by atoms with van der Waals surface area (Å²) in [4.78, 5) is 22.1. The molecule has 4 bridgehead atoms. The third-order valence-electron chi connectivity index (χ3n) is 8.53. The number of nitriles is 1. The zero-order valence-electron chi connectivity index (χ0n) is 22.0. The van der Waals surface area contributed by atoms with Crippen LogP contribution in [0.4, 0.5) is 10.1 Å². The molecule has 1 amide bonds. The zero-order chi connectivity index (χ0) is 27.6. The van der Waals surface area contributed by atoms with Gasteiger partial charge in [-0.25, -0.2) is 14.4 Å². The van der Waals surface area contributed by atoms with Crippen molar-refractivity contribution in [3.63, 3.8) is 0 Å². The summed E-state index contributed by atoms with van der Waals surface area (Å²) in [5.74, 6) is 0.753. The lowest BCUT2D eigenvalue weighted by Gasteiger charge is -2.60. The number of carbonyl (C=O) groups excluding carboxylic acids is 1.